The molecule has 2 heterocycles. The highest BCUT2D eigenvalue weighted by Crippen LogP contribution is 2.22. The van der Waals surface area contributed by atoms with Crippen LogP contribution in [0.25, 0.3) is 10.8 Å². The number of aryl methyl sites for hydroxylation is 2. The first-order valence-corrected chi connectivity index (χ1v) is 6.68. The molecule has 2 aromatic heterocycles. The second-order valence-corrected chi connectivity index (χ2v) is 4.80. The molecule has 1 aromatic carbocycles. The molecular weight excluding hydrogens is 250 g/mol. The smallest absolute Gasteiger partial charge is 0.156 e. The Balaban J connectivity index is 1.78. The lowest BCUT2D eigenvalue weighted by Crippen LogP contribution is -2.10. The summed E-state index contributed by atoms with van der Waals surface area (Å²) < 4.78 is 1.89. The molecule has 0 saturated heterocycles. The molecule has 20 heavy (non-hydrogen) atoms. The van der Waals surface area contributed by atoms with Gasteiger partial charge in [0.25, 0.3) is 0 Å². The van der Waals surface area contributed by atoms with E-state index >= 15 is 0 Å². The van der Waals surface area contributed by atoms with E-state index in [0.29, 0.717) is 0 Å². The second kappa shape index (κ2) is 5.28. The van der Waals surface area contributed by atoms with Crippen LogP contribution in [0.1, 0.15) is 11.4 Å². The van der Waals surface area contributed by atoms with Gasteiger partial charge in [0.05, 0.1) is 5.69 Å². The highest BCUT2D eigenvalue weighted by Gasteiger charge is 2.06. The molecule has 0 aliphatic rings. The molecule has 5 heteroatoms. The number of nitrogens with one attached hydrogen (secondary N) is 1. The molecule has 0 saturated carbocycles. The summed E-state index contributed by atoms with van der Waals surface area (Å²) in [5, 5.41) is 18.3. The molecule has 3 aromatic rings. The largest absolute Gasteiger partial charge is 0.368 e. The van der Waals surface area contributed by atoms with E-state index < -0.39 is 0 Å². The third-order valence-electron chi connectivity index (χ3n) is 3.47. The molecular formula is C15H17N5. The molecule has 0 atom stereocenters. The van der Waals surface area contributed by atoms with Crippen LogP contribution in [0, 0.1) is 6.92 Å². The Morgan fingerprint density at radius 1 is 1.10 bits per heavy atom. The van der Waals surface area contributed by atoms with Gasteiger partial charge < -0.3 is 5.32 Å². The highest BCUT2D eigenvalue weighted by molar-refractivity contribution is 5.92. The highest BCUT2D eigenvalue weighted by atomic mass is 15.3. The van der Waals surface area contributed by atoms with Crippen LogP contribution in [-0.4, -0.2) is 26.5 Å². The summed E-state index contributed by atoms with van der Waals surface area (Å²) in [5.74, 6) is 0.841. The Morgan fingerprint density at radius 3 is 2.65 bits per heavy atom. The molecule has 0 amide bonds. The normalized spacial score (nSPS) is 10.9. The van der Waals surface area contributed by atoms with Gasteiger partial charge in [-0.3, -0.25) is 4.68 Å². The Morgan fingerprint density at radius 2 is 1.90 bits per heavy atom. The molecule has 0 spiro atoms. The van der Waals surface area contributed by atoms with Crippen molar-refractivity contribution in [2.75, 3.05) is 11.9 Å². The van der Waals surface area contributed by atoms with Crippen LogP contribution in [-0.2, 0) is 13.5 Å². The zero-order chi connectivity index (χ0) is 13.9. The standard InChI is InChI=1S/C15H17N5/c1-11-13-5-3-4-6-14(13)15(19-18-11)16-9-7-12-8-10-17-20(12)2/h3-6,8,10H,7,9H2,1-2H3,(H,16,19). The van der Waals surface area contributed by atoms with Crippen molar-refractivity contribution < 1.29 is 0 Å². The monoisotopic (exact) mass is 267 g/mol. The predicted octanol–water partition coefficient (Wildman–Crippen LogP) is 2.33. The van der Waals surface area contributed by atoms with Crippen LogP contribution in [0.3, 0.4) is 0 Å². The van der Waals surface area contributed by atoms with E-state index in [1.165, 1.54) is 5.69 Å². The Hall–Kier alpha value is -2.43. The maximum atomic E-state index is 4.26. The minimum Gasteiger partial charge on any atom is -0.368 e. The van der Waals surface area contributed by atoms with Crippen LogP contribution in [0.4, 0.5) is 5.82 Å². The molecule has 0 unspecified atom stereocenters. The van der Waals surface area contributed by atoms with Gasteiger partial charge in [0.15, 0.2) is 5.82 Å². The van der Waals surface area contributed by atoms with Crippen LogP contribution in [0.2, 0.25) is 0 Å². The lowest BCUT2D eigenvalue weighted by molar-refractivity contribution is 0.711. The number of anilines is 1. The van der Waals surface area contributed by atoms with Crippen molar-refractivity contribution in [1.82, 2.24) is 20.0 Å². The maximum absolute atomic E-state index is 4.26. The number of fused-ring (bicyclic) bond motifs is 1. The molecule has 0 aliphatic carbocycles. The van der Waals surface area contributed by atoms with Crippen LogP contribution in [0.5, 0.6) is 0 Å². The average molecular weight is 267 g/mol. The summed E-state index contributed by atoms with van der Waals surface area (Å²) >= 11 is 0. The number of benzene rings is 1. The van der Waals surface area contributed by atoms with E-state index in [-0.39, 0.29) is 0 Å². The van der Waals surface area contributed by atoms with Crippen molar-refractivity contribution in [3.8, 4) is 0 Å². The summed E-state index contributed by atoms with van der Waals surface area (Å²) in [5.41, 5.74) is 2.15. The number of aromatic nitrogens is 4. The first-order valence-electron chi connectivity index (χ1n) is 6.68. The van der Waals surface area contributed by atoms with Gasteiger partial charge in [0, 0.05) is 42.7 Å². The fourth-order valence-electron chi connectivity index (χ4n) is 2.32. The van der Waals surface area contributed by atoms with Crippen molar-refractivity contribution in [1.29, 1.82) is 0 Å². The van der Waals surface area contributed by atoms with Gasteiger partial charge in [-0.2, -0.15) is 10.2 Å². The van der Waals surface area contributed by atoms with Gasteiger partial charge in [0.2, 0.25) is 0 Å². The Labute approximate surface area is 117 Å². The molecule has 1 N–H and O–H groups in total. The average Bonchev–Trinajstić information content (AvgIpc) is 2.87. The Kier molecular flexibility index (Phi) is 3.33. The van der Waals surface area contributed by atoms with Gasteiger partial charge in [-0.15, -0.1) is 5.10 Å². The van der Waals surface area contributed by atoms with E-state index in [4.69, 9.17) is 0 Å². The summed E-state index contributed by atoms with van der Waals surface area (Å²) in [4.78, 5) is 0. The predicted molar refractivity (Wildman–Crippen MR) is 79.7 cm³/mol. The van der Waals surface area contributed by atoms with Crippen molar-refractivity contribution in [3.63, 3.8) is 0 Å². The zero-order valence-electron chi connectivity index (χ0n) is 11.7. The quantitative estimate of drug-likeness (QED) is 0.788. The van der Waals surface area contributed by atoms with Crippen molar-refractivity contribution in [2.24, 2.45) is 7.05 Å². The zero-order valence-corrected chi connectivity index (χ0v) is 11.7. The minimum atomic E-state index is 0.807. The fraction of sp³-hybridized carbons (Fsp3) is 0.267. The number of nitrogens with zero attached hydrogens (tertiary/aromatic N) is 4. The van der Waals surface area contributed by atoms with Gasteiger partial charge >= 0.3 is 0 Å². The van der Waals surface area contributed by atoms with Crippen molar-refractivity contribution in [3.05, 3.63) is 47.9 Å². The van der Waals surface area contributed by atoms with E-state index in [2.05, 4.69) is 32.7 Å². The van der Waals surface area contributed by atoms with Gasteiger partial charge in [-0.25, -0.2) is 0 Å². The summed E-state index contributed by atoms with van der Waals surface area (Å²) in [7, 11) is 1.95. The second-order valence-electron chi connectivity index (χ2n) is 4.80. The SMILES string of the molecule is Cc1nnc(NCCc2ccnn2C)c2ccccc12. The van der Waals surface area contributed by atoms with E-state index in [0.717, 1.165) is 35.2 Å². The fourth-order valence-corrected chi connectivity index (χ4v) is 2.32. The van der Waals surface area contributed by atoms with Gasteiger partial charge in [-0.05, 0) is 13.0 Å². The molecule has 102 valence electrons. The lowest BCUT2D eigenvalue weighted by atomic mass is 10.1. The van der Waals surface area contributed by atoms with Gasteiger partial charge in [0.1, 0.15) is 0 Å². The maximum Gasteiger partial charge on any atom is 0.156 e. The first kappa shape index (κ1) is 12.6. The summed E-state index contributed by atoms with van der Waals surface area (Å²) in [6.45, 7) is 2.79. The number of hydrogen-bond donors (Lipinski definition) is 1. The topological polar surface area (TPSA) is 55.6 Å². The van der Waals surface area contributed by atoms with Crippen LogP contribution in [0.15, 0.2) is 36.5 Å². The number of hydrogen-bond acceptors (Lipinski definition) is 4. The summed E-state index contributed by atoms with van der Waals surface area (Å²) in [6.07, 6.45) is 2.72. The van der Waals surface area contributed by atoms with E-state index in [1.54, 1.807) is 0 Å². The minimum absolute atomic E-state index is 0.807. The van der Waals surface area contributed by atoms with Gasteiger partial charge in [-0.1, -0.05) is 24.3 Å². The summed E-state index contributed by atoms with van der Waals surface area (Å²) in [6, 6.07) is 10.2. The van der Waals surface area contributed by atoms with Crippen molar-refractivity contribution >= 4 is 16.6 Å². The molecule has 0 fully saturated rings. The Bertz CT molecular complexity index is 732. The molecule has 0 aliphatic heterocycles. The molecule has 3 rings (SSSR count). The molecule has 5 nitrogen and oxygen atoms in total. The first-order chi connectivity index (χ1) is 9.75. The van der Waals surface area contributed by atoms with Crippen LogP contribution < -0.4 is 5.32 Å². The third-order valence-corrected chi connectivity index (χ3v) is 3.47. The van der Waals surface area contributed by atoms with Crippen LogP contribution >= 0.6 is 0 Å². The number of rotatable bonds is 4. The van der Waals surface area contributed by atoms with E-state index in [9.17, 15) is 0 Å². The molecule has 0 radical (unpaired) electrons. The lowest BCUT2D eigenvalue weighted by Gasteiger charge is -2.09. The van der Waals surface area contributed by atoms with Crippen molar-refractivity contribution in [2.45, 2.75) is 13.3 Å². The third kappa shape index (κ3) is 2.34. The van der Waals surface area contributed by atoms with E-state index in [1.807, 2.05) is 43.0 Å². The molecule has 0 bridgehead atoms.